The molecule has 0 unspecified atom stereocenters. The van der Waals surface area contributed by atoms with Gasteiger partial charge in [0, 0.05) is 11.8 Å². The van der Waals surface area contributed by atoms with Crippen molar-refractivity contribution in [2.75, 3.05) is 12.3 Å². The average Bonchev–Trinajstić information content (AvgIpc) is 2.40. The second-order valence-corrected chi connectivity index (χ2v) is 4.06. The van der Waals surface area contributed by atoms with Crippen LogP contribution >= 0.6 is 11.6 Å². The molecule has 0 aliphatic heterocycles. The molecule has 0 aliphatic carbocycles. The molecule has 0 aromatic carbocycles. The highest BCUT2D eigenvalue weighted by atomic mass is 35.5. The van der Waals surface area contributed by atoms with Crippen molar-refractivity contribution in [1.29, 1.82) is 0 Å². The molecule has 0 spiro atoms. The molecule has 0 saturated carbocycles. The number of aromatic nitrogens is 3. The summed E-state index contributed by atoms with van der Waals surface area (Å²) in [6, 6.07) is 1.83. The van der Waals surface area contributed by atoms with Gasteiger partial charge in [0.15, 0.2) is 0 Å². The van der Waals surface area contributed by atoms with Crippen LogP contribution in [0.1, 0.15) is 13.3 Å². The molecule has 6 heteroatoms. The molecule has 0 bridgehead atoms. The third-order valence-electron chi connectivity index (χ3n) is 2.28. The summed E-state index contributed by atoms with van der Waals surface area (Å²) in [5.41, 5.74) is 6.95. The standard InChI is InChI=1S/C12H13ClN4O/c1-2-3-18-9-4-8(5-15-6-9)11-10(13)12(14)17-7-16-11/h4-7H,2-3H2,1H3,(H2,14,16,17). The van der Waals surface area contributed by atoms with Crippen LogP contribution in [-0.2, 0) is 0 Å². The van der Waals surface area contributed by atoms with Crippen LogP contribution in [0.15, 0.2) is 24.8 Å². The Morgan fingerprint density at radius 1 is 1.33 bits per heavy atom. The predicted octanol–water partition coefficient (Wildman–Crippen LogP) is 2.56. The Morgan fingerprint density at radius 3 is 2.94 bits per heavy atom. The number of rotatable bonds is 4. The molecule has 2 aromatic heterocycles. The summed E-state index contributed by atoms with van der Waals surface area (Å²) in [5.74, 6) is 0.934. The van der Waals surface area contributed by atoms with Crippen molar-refractivity contribution in [1.82, 2.24) is 15.0 Å². The molecule has 94 valence electrons. The van der Waals surface area contributed by atoms with Gasteiger partial charge in [-0.05, 0) is 12.5 Å². The van der Waals surface area contributed by atoms with Crippen molar-refractivity contribution in [3.8, 4) is 17.0 Å². The van der Waals surface area contributed by atoms with E-state index >= 15 is 0 Å². The van der Waals surface area contributed by atoms with E-state index in [1.807, 2.05) is 13.0 Å². The summed E-state index contributed by atoms with van der Waals surface area (Å²) in [4.78, 5) is 12.0. The first kappa shape index (κ1) is 12.6. The van der Waals surface area contributed by atoms with Crippen molar-refractivity contribution in [3.05, 3.63) is 29.8 Å². The molecule has 2 heterocycles. The lowest BCUT2D eigenvalue weighted by molar-refractivity contribution is 0.316. The molecule has 0 atom stereocenters. The minimum absolute atomic E-state index is 0.251. The van der Waals surface area contributed by atoms with Crippen LogP contribution in [0, 0.1) is 0 Å². The van der Waals surface area contributed by atoms with Crippen molar-refractivity contribution in [3.63, 3.8) is 0 Å². The number of ether oxygens (including phenoxy) is 1. The van der Waals surface area contributed by atoms with E-state index in [1.54, 1.807) is 12.4 Å². The van der Waals surface area contributed by atoms with Crippen LogP contribution in [0.5, 0.6) is 5.75 Å². The number of nitrogens with zero attached hydrogens (tertiary/aromatic N) is 3. The number of anilines is 1. The van der Waals surface area contributed by atoms with E-state index in [0.29, 0.717) is 23.1 Å². The average molecular weight is 265 g/mol. The van der Waals surface area contributed by atoms with Gasteiger partial charge < -0.3 is 10.5 Å². The van der Waals surface area contributed by atoms with Crippen molar-refractivity contribution in [2.24, 2.45) is 0 Å². The molecule has 5 nitrogen and oxygen atoms in total. The van der Waals surface area contributed by atoms with E-state index in [4.69, 9.17) is 22.1 Å². The zero-order chi connectivity index (χ0) is 13.0. The van der Waals surface area contributed by atoms with Gasteiger partial charge in [0.1, 0.15) is 22.9 Å². The van der Waals surface area contributed by atoms with E-state index in [0.717, 1.165) is 12.0 Å². The number of halogens is 1. The Labute approximate surface area is 110 Å². The summed E-state index contributed by atoms with van der Waals surface area (Å²) >= 11 is 6.07. The first-order valence-electron chi connectivity index (χ1n) is 5.56. The Bertz CT molecular complexity index is 547. The lowest BCUT2D eigenvalue weighted by Gasteiger charge is -2.07. The summed E-state index contributed by atoms with van der Waals surface area (Å²) in [6.07, 6.45) is 5.62. The van der Waals surface area contributed by atoms with Gasteiger partial charge in [-0.25, -0.2) is 9.97 Å². The maximum atomic E-state index is 6.07. The van der Waals surface area contributed by atoms with Gasteiger partial charge in [0.25, 0.3) is 0 Å². The Kier molecular flexibility index (Phi) is 3.94. The number of hydrogen-bond acceptors (Lipinski definition) is 5. The Balaban J connectivity index is 2.35. The zero-order valence-corrected chi connectivity index (χ0v) is 10.7. The number of pyridine rings is 1. The molecule has 0 saturated heterocycles. The molecule has 0 aliphatic rings. The molecule has 2 rings (SSSR count). The lowest BCUT2D eigenvalue weighted by atomic mass is 10.2. The lowest BCUT2D eigenvalue weighted by Crippen LogP contribution is -1.98. The van der Waals surface area contributed by atoms with E-state index in [1.165, 1.54) is 6.33 Å². The third kappa shape index (κ3) is 2.68. The number of hydrogen-bond donors (Lipinski definition) is 1. The van der Waals surface area contributed by atoms with Crippen LogP contribution in [0.3, 0.4) is 0 Å². The van der Waals surface area contributed by atoms with Gasteiger partial charge in [-0.3, -0.25) is 4.98 Å². The monoisotopic (exact) mass is 264 g/mol. The molecule has 0 radical (unpaired) electrons. The molecular weight excluding hydrogens is 252 g/mol. The largest absolute Gasteiger partial charge is 0.492 e. The maximum Gasteiger partial charge on any atom is 0.146 e. The molecule has 18 heavy (non-hydrogen) atoms. The van der Waals surface area contributed by atoms with Crippen LogP contribution in [0.2, 0.25) is 5.02 Å². The molecule has 0 amide bonds. The zero-order valence-electron chi connectivity index (χ0n) is 9.93. The van der Waals surface area contributed by atoms with Crippen molar-refractivity contribution >= 4 is 17.4 Å². The fraction of sp³-hybridized carbons (Fsp3) is 0.250. The van der Waals surface area contributed by atoms with Crippen LogP contribution in [0.25, 0.3) is 11.3 Å². The summed E-state index contributed by atoms with van der Waals surface area (Å²) in [6.45, 7) is 2.68. The van der Waals surface area contributed by atoms with E-state index in [9.17, 15) is 0 Å². The minimum Gasteiger partial charge on any atom is -0.492 e. The van der Waals surface area contributed by atoms with Gasteiger partial charge in [-0.2, -0.15) is 0 Å². The smallest absolute Gasteiger partial charge is 0.146 e. The fourth-order valence-electron chi connectivity index (χ4n) is 1.43. The Hall–Kier alpha value is -1.88. The summed E-state index contributed by atoms with van der Waals surface area (Å²) in [5, 5.41) is 0.326. The van der Waals surface area contributed by atoms with Crippen LogP contribution in [0.4, 0.5) is 5.82 Å². The second kappa shape index (κ2) is 5.64. The SMILES string of the molecule is CCCOc1cncc(-c2ncnc(N)c2Cl)c1. The quantitative estimate of drug-likeness (QED) is 0.919. The van der Waals surface area contributed by atoms with E-state index in [2.05, 4.69) is 15.0 Å². The fourth-order valence-corrected chi connectivity index (χ4v) is 1.64. The third-order valence-corrected chi connectivity index (χ3v) is 2.65. The number of nitrogen functional groups attached to an aromatic ring is 1. The second-order valence-electron chi connectivity index (χ2n) is 3.68. The predicted molar refractivity (Wildman–Crippen MR) is 70.5 cm³/mol. The van der Waals surface area contributed by atoms with Crippen molar-refractivity contribution in [2.45, 2.75) is 13.3 Å². The van der Waals surface area contributed by atoms with Gasteiger partial charge in [0.05, 0.1) is 18.5 Å². The van der Waals surface area contributed by atoms with Crippen LogP contribution < -0.4 is 10.5 Å². The van der Waals surface area contributed by atoms with Crippen molar-refractivity contribution < 1.29 is 4.74 Å². The van der Waals surface area contributed by atoms with Gasteiger partial charge in [0.2, 0.25) is 0 Å². The first-order valence-corrected chi connectivity index (χ1v) is 5.94. The van der Waals surface area contributed by atoms with E-state index in [-0.39, 0.29) is 5.82 Å². The highest BCUT2D eigenvalue weighted by Crippen LogP contribution is 2.29. The maximum absolute atomic E-state index is 6.07. The minimum atomic E-state index is 0.251. The number of nitrogens with two attached hydrogens (primary N) is 1. The highest BCUT2D eigenvalue weighted by Gasteiger charge is 2.10. The molecule has 2 N–H and O–H groups in total. The van der Waals surface area contributed by atoms with Gasteiger partial charge >= 0.3 is 0 Å². The highest BCUT2D eigenvalue weighted by molar-refractivity contribution is 6.35. The topological polar surface area (TPSA) is 73.9 Å². The van der Waals surface area contributed by atoms with E-state index < -0.39 is 0 Å². The molecular formula is C12H13ClN4O. The molecule has 0 fully saturated rings. The Morgan fingerprint density at radius 2 is 2.17 bits per heavy atom. The van der Waals surface area contributed by atoms with Gasteiger partial charge in [-0.1, -0.05) is 18.5 Å². The normalized spacial score (nSPS) is 10.3. The first-order chi connectivity index (χ1) is 8.72. The summed E-state index contributed by atoms with van der Waals surface area (Å²) < 4.78 is 5.51. The van der Waals surface area contributed by atoms with Crippen LogP contribution in [-0.4, -0.2) is 21.6 Å². The molecule has 2 aromatic rings. The summed E-state index contributed by atoms with van der Waals surface area (Å²) in [7, 11) is 0. The van der Waals surface area contributed by atoms with Gasteiger partial charge in [-0.15, -0.1) is 0 Å².